The number of hydrogen-bond donors (Lipinski definition) is 5. The van der Waals surface area contributed by atoms with Crippen LogP contribution in [-0.4, -0.2) is 99.5 Å². The number of pyridine rings is 1. The fourth-order valence-electron chi connectivity index (χ4n) is 11.5. The molecule has 4 aliphatic carbocycles. The molecule has 15 heteroatoms. The van der Waals surface area contributed by atoms with Gasteiger partial charge in [0, 0.05) is 67.0 Å². The van der Waals surface area contributed by atoms with Gasteiger partial charge in [0.1, 0.15) is 11.6 Å². The number of hydrogen-bond acceptors (Lipinski definition) is 13. The van der Waals surface area contributed by atoms with Gasteiger partial charge in [-0.25, -0.2) is 19.2 Å². The second-order valence-corrected chi connectivity index (χ2v) is 19.6. The smallest absolute Gasteiger partial charge is 0.355 e. The van der Waals surface area contributed by atoms with Gasteiger partial charge < -0.3 is 40.8 Å². The minimum atomic E-state index is -1.17. The number of aromatic carboxylic acids is 1. The Hall–Kier alpha value is -4.57. The first-order chi connectivity index (χ1) is 28.7. The number of ether oxygens (including phenoxy) is 1. The number of nitrogens with zero attached hydrogens (tertiary/aromatic N) is 6. The van der Waals surface area contributed by atoms with Crippen molar-refractivity contribution < 1.29 is 24.1 Å². The number of carbonyl (C=O) groups is 1. The molecule has 1 aliphatic heterocycles. The molecule has 3 aromatic heterocycles. The van der Waals surface area contributed by atoms with Gasteiger partial charge in [-0.3, -0.25) is 0 Å². The molecule has 5 unspecified atom stereocenters. The van der Waals surface area contributed by atoms with Crippen LogP contribution in [0.4, 0.5) is 27.0 Å². The van der Waals surface area contributed by atoms with Crippen molar-refractivity contribution in [3.05, 3.63) is 64.2 Å². The summed E-state index contributed by atoms with van der Waals surface area (Å²) in [6, 6.07) is 8.38. The van der Waals surface area contributed by atoms with Gasteiger partial charge in [-0.05, 0) is 126 Å². The number of fused-ring (bicyclic) bond motifs is 3. The highest BCUT2D eigenvalue weighted by Crippen LogP contribution is 2.66. The third-order valence-corrected chi connectivity index (χ3v) is 14.5. The highest BCUT2D eigenvalue weighted by molar-refractivity contribution is 7.22. The highest BCUT2D eigenvalue weighted by atomic mass is 32.1. The molecule has 4 aromatic rings. The molecule has 0 radical (unpaired) electrons. The van der Waals surface area contributed by atoms with Crippen LogP contribution >= 0.6 is 11.3 Å². The summed E-state index contributed by atoms with van der Waals surface area (Å²) in [6.45, 7) is 12.7. The van der Waals surface area contributed by atoms with Gasteiger partial charge in [0.2, 0.25) is 0 Å². The second-order valence-electron chi connectivity index (χ2n) is 18.6. The van der Waals surface area contributed by atoms with E-state index in [2.05, 4.69) is 51.6 Å². The van der Waals surface area contributed by atoms with E-state index < -0.39 is 5.97 Å². The summed E-state index contributed by atoms with van der Waals surface area (Å²) in [5.41, 5.74) is 4.20. The lowest BCUT2D eigenvalue weighted by atomic mass is 9.53. The first-order valence-corrected chi connectivity index (χ1v) is 22.1. The monoisotopic (exact) mass is 839 g/mol. The number of aromatic nitrogens is 4. The van der Waals surface area contributed by atoms with Crippen molar-refractivity contribution >= 4 is 61.9 Å². The molecule has 1 aromatic carbocycles. The highest BCUT2D eigenvalue weighted by Gasteiger charge is 2.60. The molecule has 4 saturated carbocycles. The van der Waals surface area contributed by atoms with Crippen LogP contribution < -0.4 is 15.5 Å². The van der Waals surface area contributed by atoms with Crippen LogP contribution in [0.25, 0.3) is 15.8 Å². The van der Waals surface area contributed by atoms with E-state index in [1.165, 1.54) is 36.5 Å². The Labute approximate surface area is 355 Å². The number of carboxylic acid groups (broad SMARTS) is 1. The van der Waals surface area contributed by atoms with Gasteiger partial charge in [0.25, 0.3) is 0 Å². The van der Waals surface area contributed by atoms with E-state index in [1.807, 2.05) is 18.7 Å². The average molecular weight is 840 g/mol. The number of thiazole rings is 1. The zero-order chi connectivity index (χ0) is 42.4. The van der Waals surface area contributed by atoms with Crippen LogP contribution in [-0.2, 0) is 11.2 Å². The van der Waals surface area contributed by atoms with Crippen LogP contribution in [0.3, 0.4) is 0 Å². The fourth-order valence-corrected chi connectivity index (χ4v) is 12.4. The quantitative estimate of drug-likeness (QED) is 0.0688. The van der Waals surface area contributed by atoms with Crippen molar-refractivity contribution in [1.29, 1.82) is 5.41 Å². The van der Waals surface area contributed by atoms with Crippen molar-refractivity contribution in [3.8, 4) is 0 Å². The lowest BCUT2D eigenvalue weighted by molar-refractivity contribution is -0.165. The number of rotatable bonds is 16. The van der Waals surface area contributed by atoms with E-state index in [4.69, 9.17) is 15.1 Å². The molecule has 13 nitrogen and oxygen atoms in total. The molecule has 320 valence electrons. The Kier molecular flexibility index (Phi) is 11.7. The van der Waals surface area contributed by atoms with Gasteiger partial charge >= 0.3 is 5.97 Å². The molecule has 5 atom stereocenters. The number of likely N-dealkylation sites (N-methyl/N-ethyl adjacent to an activating group) is 1. The fraction of sp³-hybridized carbons (Fsp3) is 0.556. The largest absolute Gasteiger partial charge is 0.476 e. The maximum Gasteiger partial charge on any atom is 0.355 e. The van der Waals surface area contributed by atoms with Crippen LogP contribution in [0.15, 0.2) is 36.0 Å². The van der Waals surface area contributed by atoms with E-state index >= 15 is 0 Å². The SMILES string of the molecule is C/C(NCC1CC2(C)CC3(C)CC1CC(OCCN(C)CCCO)(C2)C3)=C(/C=N)c1ccc(N2CCCc3c2nnc(Nc2nc4cccc(F)c4s2)c3C)nc1C(=O)O. The number of halogens is 1. The van der Waals surface area contributed by atoms with E-state index in [0.717, 1.165) is 81.4 Å². The van der Waals surface area contributed by atoms with Crippen molar-refractivity contribution in [1.82, 2.24) is 30.4 Å². The topological polar surface area (TPSA) is 173 Å². The first kappa shape index (κ1) is 42.1. The van der Waals surface area contributed by atoms with E-state index in [1.54, 1.807) is 24.3 Å². The zero-order valence-corrected chi connectivity index (χ0v) is 36.2. The molecule has 0 saturated heterocycles. The number of benzene rings is 1. The number of allylic oxidation sites excluding steroid dienone is 2. The molecular weight excluding hydrogens is 782 g/mol. The Bertz CT molecular complexity index is 2320. The maximum atomic E-state index is 14.4. The summed E-state index contributed by atoms with van der Waals surface area (Å²) in [5.74, 6) is 1.02. The Morgan fingerprint density at radius 1 is 1.12 bits per heavy atom. The zero-order valence-electron chi connectivity index (χ0n) is 35.4. The van der Waals surface area contributed by atoms with Gasteiger partial charge in [-0.15, -0.1) is 10.2 Å². The van der Waals surface area contributed by atoms with Crippen molar-refractivity contribution in [2.24, 2.45) is 22.7 Å². The molecule has 0 spiro atoms. The standard InChI is InChI=1S/C45H58FN9O4S/c1-27-31-9-7-15-55(40(31)53-52-39(27)51-42-49-35-11-6-10-34(46)38(35)60-42)36-13-12-32(37(50-36)41(57)58)33(22-47)28(2)48-23-30-20-44(4)24-43(3)19-29(30)21-45(25-43,26-44)59-18-16-54(5)14-8-17-56/h6,10-13,22,29-30,47-48,56H,7-9,14-21,23-26H2,1-5H3,(H,57,58)(H,49,51,52)/b33-28+,47-22?. The molecule has 4 heterocycles. The molecule has 4 fully saturated rings. The Balaban J connectivity index is 0.993. The summed E-state index contributed by atoms with van der Waals surface area (Å²) in [4.78, 5) is 26.2. The summed E-state index contributed by atoms with van der Waals surface area (Å²) in [5, 5.41) is 44.7. The molecular formula is C45H58FN9O4S. The van der Waals surface area contributed by atoms with E-state index in [0.29, 0.717) is 68.9 Å². The van der Waals surface area contributed by atoms with E-state index in [9.17, 15) is 19.4 Å². The predicted molar refractivity (Wildman–Crippen MR) is 234 cm³/mol. The van der Waals surface area contributed by atoms with Gasteiger partial charge in [-0.2, -0.15) is 0 Å². The van der Waals surface area contributed by atoms with Crippen molar-refractivity contribution in [3.63, 3.8) is 0 Å². The summed E-state index contributed by atoms with van der Waals surface area (Å²) < 4.78 is 21.7. The van der Waals surface area contributed by atoms with Crippen molar-refractivity contribution in [2.45, 2.75) is 91.1 Å². The average Bonchev–Trinajstić information content (AvgIpc) is 3.57. The summed E-state index contributed by atoms with van der Waals surface area (Å²) in [7, 11) is 2.09. The Morgan fingerprint density at radius 3 is 2.67 bits per heavy atom. The number of aliphatic hydroxyl groups excluding tert-OH is 1. The molecule has 4 bridgehead atoms. The van der Waals surface area contributed by atoms with Crippen LogP contribution in [0, 0.1) is 40.8 Å². The lowest BCUT2D eigenvalue weighted by Gasteiger charge is -2.56. The van der Waals surface area contributed by atoms with Crippen LogP contribution in [0.5, 0.6) is 0 Å². The van der Waals surface area contributed by atoms with Crippen LogP contribution in [0.2, 0.25) is 0 Å². The number of aliphatic hydroxyl groups is 1. The summed E-state index contributed by atoms with van der Waals surface area (Å²) >= 11 is 1.22. The molecule has 5 aliphatic rings. The minimum absolute atomic E-state index is 0.122. The molecule has 9 rings (SSSR count). The maximum absolute atomic E-state index is 14.4. The Morgan fingerprint density at radius 2 is 1.92 bits per heavy atom. The second kappa shape index (κ2) is 16.7. The molecule has 5 N–H and O–H groups in total. The van der Waals surface area contributed by atoms with Gasteiger partial charge in [0.15, 0.2) is 22.5 Å². The molecule has 0 amide bonds. The third kappa shape index (κ3) is 8.37. The predicted octanol–water partition coefficient (Wildman–Crippen LogP) is 8.12. The molecule has 60 heavy (non-hydrogen) atoms. The van der Waals surface area contributed by atoms with Gasteiger partial charge in [-0.1, -0.05) is 31.3 Å². The third-order valence-electron chi connectivity index (χ3n) is 13.5. The number of anilines is 4. The first-order valence-electron chi connectivity index (χ1n) is 21.3. The number of carboxylic acids is 1. The van der Waals surface area contributed by atoms with Gasteiger partial charge in [0.05, 0.1) is 22.4 Å². The normalized spacial score (nSPS) is 26.2. The lowest BCUT2D eigenvalue weighted by Crippen LogP contribution is -2.53. The van der Waals surface area contributed by atoms with E-state index in [-0.39, 0.29) is 34.5 Å². The summed E-state index contributed by atoms with van der Waals surface area (Å²) in [6.07, 6.45) is 10.2. The van der Waals surface area contributed by atoms with Crippen LogP contribution in [0.1, 0.15) is 99.3 Å². The number of nitrogens with one attached hydrogen (secondary N) is 3. The minimum Gasteiger partial charge on any atom is -0.476 e. The van der Waals surface area contributed by atoms with Crippen molar-refractivity contribution in [2.75, 3.05) is 56.7 Å².